The molecule has 0 unspecified atom stereocenters. The van der Waals surface area contributed by atoms with Gasteiger partial charge in [-0.05, 0) is 25.0 Å². The Labute approximate surface area is 201 Å². The third-order valence-corrected chi connectivity index (χ3v) is 5.33. The van der Waals surface area contributed by atoms with Crippen LogP contribution < -0.4 is 20.1 Å². The highest BCUT2D eigenvalue weighted by Gasteiger charge is 2.51. The van der Waals surface area contributed by atoms with Crippen LogP contribution in [0.25, 0.3) is 0 Å². The zero-order chi connectivity index (χ0) is 25.1. The van der Waals surface area contributed by atoms with E-state index in [-0.39, 0.29) is 28.8 Å². The van der Waals surface area contributed by atoms with Gasteiger partial charge in [0, 0.05) is 6.07 Å². The molecule has 2 N–H and O–H groups in total. The molecular weight excluding hydrogens is 491 g/mol. The van der Waals surface area contributed by atoms with E-state index >= 15 is 0 Å². The van der Waals surface area contributed by atoms with Gasteiger partial charge in [0.05, 0.1) is 41.4 Å². The lowest BCUT2D eigenvalue weighted by Crippen LogP contribution is -2.49. The number of carbonyl (C=O) groups is 2. The number of amides is 2. The molecule has 0 atom stereocenters. The number of nitrogens with one attached hydrogen (secondary N) is 2. The summed E-state index contributed by atoms with van der Waals surface area (Å²) in [4.78, 5) is 36.3. The van der Waals surface area contributed by atoms with Gasteiger partial charge in [-0.15, -0.1) is 0 Å². The second kappa shape index (κ2) is 9.74. The zero-order valence-corrected chi connectivity index (χ0v) is 18.6. The molecule has 0 saturated heterocycles. The zero-order valence-electron chi connectivity index (χ0n) is 17.8. The van der Waals surface area contributed by atoms with Crippen molar-refractivity contribution in [2.24, 2.45) is 0 Å². The number of benzene rings is 1. The molecule has 4 rings (SSSR count). The molecule has 0 aliphatic heterocycles. The summed E-state index contributed by atoms with van der Waals surface area (Å²) in [7, 11) is 0. The van der Waals surface area contributed by atoms with Gasteiger partial charge in [0.25, 0.3) is 0 Å². The first-order chi connectivity index (χ1) is 16.7. The summed E-state index contributed by atoms with van der Waals surface area (Å²) < 4.78 is 49.8. The Kier molecular flexibility index (Phi) is 6.74. The highest BCUT2D eigenvalue weighted by atomic mass is 35.5. The van der Waals surface area contributed by atoms with E-state index in [0.29, 0.717) is 12.8 Å². The van der Waals surface area contributed by atoms with E-state index in [9.17, 15) is 22.8 Å². The maximum atomic E-state index is 13.2. The van der Waals surface area contributed by atoms with Crippen LogP contribution >= 0.6 is 11.6 Å². The Morgan fingerprint density at radius 2 is 1.80 bits per heavy atom. The minimum atomic E-state index is -4.59. The van der Waals surface area contributed by atoms with Gasteiger partial charge < -0.3 is 20.1 Å². The van der Waals surface area contributed by atoms with E-state index in [1.807, 2.05) is 0 Å². The summed E-state index contributed by atoms with van der Waals surface area (Å²) in [6.45, 7) is -0.0813. The number of rotatable bonds is 7. The van der Waals surface area contributed by atoms with Crippen LogP contribution in [0, 0.1) is 0 Å². The molecule has 9 nitrogen and oxygen atoms in total. The maximum absolute atomic E-state index is 13.2. The molecule has 13 heteroatoms. The quantitative estimate of drug-likeness (QED) is 0.490. The molecule has 1 aromatic carbocycles. The van der Waals surface area contributed by atoms with Crippen molar-refractivity contribution in [3.63, 3.8) is 0 Å². The third-order valence-electron chi connectivity index (χ3n) is 5.00. The number of pyridine rings is 1. The van der Waals surface area contributed by atoms with Gasteiger partial charge in [0.15, 0.2) is 5.75 Å². The minimum absolute atomic E-state index is 0.00487. The van der Waals surface area contributed by atoms with Gasteiger partial charge in [0.2, 0.25) is 5.91 Å². The van der Waals surface area contributed by atoms with Crippen LogP contribution in [0.2, 0.25) is 5.02 Å². The first-order valence-electron chi connectivity index (χ1n) is 10.2. The maximum Gasteiger partial charge on any atom is 0.419 e. The number of ether oxygens (including phenoxy) is 2. The second-order valence-electron chi connectivity index (χ2n) is 7.55. The number of hydrogen-bond acceptors (Lipinski definition) is 7. The summed E-state index contributed by atoms with van der Waals surface area (Å²) in [5, 5.41) is 5.24. The molecule has 182 valence electrons. The van der Waals surface area contributed by atoms with Crippen LogP contribution in [0.1, 0.15) is 24.1 Å². The molecule has 0 radical (unpaired) electrons. The van der Waals surface area contributed by atoms with Gasteiger partial charge in [-0.1, -0.05) is 23.7 Å². The summed E-state index contributed by atoms with van der Waals surface area (Å²) in [5.41, 5.74) is -1.80. The van der Waals surface area contributed by atoms with Crippen molar-refractivity contribution in [2.45, 2.75) is 31.1 Å². The lowest BCUT2D eigenvalue weighted by atomic mass is 10.2. The minimum Gasteiger partial charge on any atom is -0.455 e. The van der Waals surface area contributed by atoms with E-state index < -0.39 is 35.0 Å². The van der Waals surface area contributed by atoms with Crippen LogP contribution in [0.15, 0.2) is 55.2 Å². The van der Waals surface area contributed by atoms with Crippen molar-refractivity contribution in [1.29, 1.82) is 0 Å². The Morgan fingerprint density at radius 1 is 1.09 bits per heavy atom. The van der Waals surface area contributed by atoms with Crippen LogP contribution in [-0.4, -0.2) is 32.5 Å². The highest BCUT2D eigenvalue weighted by molar-refractivity contribution is 6.31. The number of aromatic nitrogens is 3. The lowest BCUT2D eigenvalue weighted by molar-refractivity contribution is -0.138. The normalized spacial score (nSPS) is 14.1. The number of hydrogen-bond donors (Lipinski definition) is 2. The van der Waals surface area contributed by atoms with Gasteiger partial charge in [-0.2, -0.15) is 13.2 Å². The van der Waals surface area contributed by atoms with E-state index in [2.05, 4.69) is 25.6 Å². The number of alkyl halides is 3. The number of nitrogens with zero attached hydrogens (tertiary/aromatic N) is 3. The van der Waals surface area contributed by atoms with E-state index in [4.69, 9.17) is 21.1 Å². The molecule has 2 heterocycles. The Bertz CT molecular complexity index is 1240. The van der Waals surface area contributed by atoms with Gasteiger partial charge in [0.1, 0.15) is 23.4 Å². The van der Waals surface area contributed by atoms with Gasteiger partial charge in [-0.25, -0.2) is 14.8 Å². The standard InChI is InChI=1S/C22H17ClF3N5O4/c23-16-7-13(34-18-4-2-1-3-15(18)22(24,25)26)10-29-17(16)11-30-19(32)21(5-6-21)31-20(33)35-14-8-27-12-28-9-14/h1-4,7-10,12H,5-6,11H2,(H,30,32)(H,31,33). The van der Waals surface area contributed by atoms with Crippen molar-refractivity contribution < 1.29 is 32.2 Å². The third kappa shape index (κ3) is 5.96. The van der Waals surface area contributed by atoms with E-state index in [0.717, 1.165) is 6.07 Å². The summed E-state index contributed by atoms with van der Waals surface area (Å²) in [6, 6.07) is 6.05. The molecular formula is C22H17ClF3N5O4. The molecule has 2 aromatic heterocycles. The van der Waals surface area contributed by atoms with Crippen LogP contribution in [-0.2, 0) is 17.5 Å². The SMILES string of the molecule is O=C(NC1(C(=O)NCc2ncc(Oc3ccccc3C(F)(F)F)cc2Cl)CC1)Oc1cncnc1. The van der Waals surface area contributed by atoms with E-state index in [1.54, 1.807) is 0 Å². The molecule has 0 spiro atoms. The molecule has 1 fully saturated rings. The fourth-order valence-electron chi connectivity index (χ4n) is 3.08. The lowest BCUT2D eigenvalue weighted by Gasteiger charge is -2.17. The second-order valence-corrected chi connectivity index (χ2v) is 7.96. The monoisotopic (exact) mass is 507 g/mol. The average molecular weight is 508 g/mol. The smallest absolute Gasteiger partial charge is 0.419 e. The average Bonchev–Trinajstić information content (AvgIpc) is 3.59. The Morgan fingerprint density at radius 3 is 2.46 bits per heavy atom. The number of para-hydroxylation sites is 1. The molecule has 1 aliphatic rings. The molecule has 3 aromatic rings. The van der Waals surface area contributed by atoms with Crippen molar-refractivity contribution in [3.05, 3.63) is 71.5 Å². The van der Waals surface area contributed by atoms with Gasteiger partial charge in [-0.3, -0.25) is 9.78 Å². The van der Waals surface area contributed by atoms with Crippen LogP contribution in [0.5, 0.6) is 17.2 Å². The summed E-state index contributed by atoms with van der Waals surface area (Å²) >= 11 is 6.20. The molecule has 2 amide bonds. The molecule has 0 bridgehead atoms. The predicted molar refractivity (Wildman–Crippen MR) is 116 cm³/mol. The Balaban J connectivity index is 1.35. The van der Waals surface area contributed by atoms with Crippen molar-refractivity contribution >= 4 is 23.6 Å². The van der Waals surface area contributed by atoms with Crippen LogP contribution in [0.4, 0.5) is 18.0 Å². The fraction of sp³-hybridized carbons (Fsp3) is 0.227. The fourth-order valence-corrected chi connectivity index (χ4v) is 3.31. The summed E-state index contributed by atoms with van der Waals surface area (Å²) in [6.07, 6.45) is 0.475. The Hall–Kier alpha value is -3.93. The molecule has 35 heavy (non-hydrogen) atoms. The summed E-state index contributed by atoms with van der Waals surface area (Å²) in [5.74, 6) is -0.738. The number of carbonyl (C=O) groups excluding carboxylic acids is 2. The van der Waals surface area contributed by atoms with Crippen LogP contribution in [0.3, 0.4) is 0 Å². The molecule has 1 saturated carbocycles. The predicted octanol–water partition coefficient (Wildman–Crippen LogP) is 4.27. The molecule has 1 aliphatic carbocycles. The number of halogens is 4. The van der Waals surface area contributed by atoms with Crippen molar-refractivity contribution in [3.8, 4) is 17.2 Å². The highest BCUT2D eigenvalue weighted by Crippen LogP contribution is 2.38. The largest absolute Gasteiger partial charge is 0.455 e. The first-order valence-corrected chi connectivity index (χ1v) is 10.6. The van der Waals surface area contributed by atoms with Crippen molar-refractivity contribution in [1.82, 2.24) is 25.6 Å². The topological polar surface area (TPSA) is 115 Å². The van der Waals surface area contributed by atoms with Crippen molar-refractivity contribution in [2.75, 3.05) is 0 Å². The van der Waals surface area contributed by atoms with E-state index in [1.165, 1.54) is 49.2 Å². The first kappa shape index (κ1) is 24.2. The van der Waals surface area contributed by atoms with Gasteiger partial charge >= 0.3 is 12.3 Å².